The van der Waals surface area contributed by atoms with E-state index >= 15 is 0 Å². The van der Waals surface area contributed by atoms with Crippen LogP contribution in [0.4, 0.5) is 13.2 Å². The molecule has 0 bridgehead atoms. The summed E-state index contributed by atoms with van der Waals surface area (Å²) in [5, 5.41) is 4.60. The Balaban J connectivity index is 1.60. The van der Waals surface area contributed by atoms with Crippen LogP contribution < -0.4 is 5.56 Å². The highest BCUT2D eigenvalue weighted by molar-refractivity contribution is 6.45. The number of ketones is 1. The van der Waals surface area contributed by atoms with Gasteiger partial charge in [0.1, 0.15) is 5.15 Å². The van der Waals surface area contributed by atoms with Crippen LogP contribution in [0.3, 0.4) is 0 Å². The summed E-state index contributed by atoms with van der Waals surface area (Å²) in [4.78, 5) is 24.9. The average molecular weight is 480 g/mol. The van der Waals surface area contributed by atoms with Crippen LogP contribution in [0.1, 0.15) is 27.0 Å². The van der Waals surface area contributed by atoms with Gasteiger partial charge < -0.3 is 4.57 Å². The van der Waals surface area contributed by atoms with Gasteiger partial charge in [-0.3, -0.25) is 9.59 Å². The number of hydrogen-bond acceptors (Lipinski definition) is 3. The molecule has 0 unspecified atom stereocenters. The van der Waals surface area contributed by atoms with Crippen molar-refractivity contribution in [2.75, 3.05) is 0 Å². The van der Waals surface area contributed by atoms with Crippen molar-refractivity contribution in [3.8, 4) is 0 Å². The Morgan fingerprint density at radius 3 is 2.12 bits per heavy atom. The lowest BCUT2D eigenvalue weighted by molar-refractivity contribution is -0.137. The Labute approximate surface area is 189 Å². The first kappa shape index (κ1) is 22.1. The fourth-order valence-corrected chi connectivity index (χ4v) is 3.87. The van der Waals surface area contributed by atoms with Gasteiger partial charge in [0.25, 0.3) is 5.56 Å². The molecule has 0 saturated carbocycles. The molecule has 0 aliphatic heterocycles. The third-order valence-corrected chi connectivity index (χ3v) is 5.93. The molecule has 0 aliphatic rings. The maximum Gasteiger partial charge on any atom is 0.416 e. The van der Waals surface area contributed by atoms with E-state index in [1.165, 1.54) is 13.2 Å². The van der Waals surface area contributed by atoms with Crippen molar-refractivity contribution in [1.29, 1.82) is 0 Å². The number of alkyl halides is 3. The summed E-state index contributed by atoms with van der Waals surface area (Å²) < 4.78 is 40.9. The molecule has 0 aliphatic carbocycles. The number of hydrogen-bond donors (Lipinski definition) is 0. The third kappa shape index (κ3) is 3.91. The Bertz CT molecular complexity index is 1390. The van der Waals surface area contributed by atoms with Crippen LogP contribution in [-0.4, -0.2) is 20.1 Å². The second kappa shape index (κ2) is 8.11. The molecule has 4 aromatic rings. The van der Waals surface area contributed by atoms with E-state index < -0.39 is 17.5 Å². The van der Waals surface area contributed by atoms with Crippen LogP contribution in [0, 0.1) is 0 Å². The Morgan fingerprint density at radius 2 is 1.56 bits per heavy atom. The van der Waals surface area contributed by atoms with Gasteiger partial charge in [-0.25, -0.2) is 4.68 Å². The molecule has 2 aromatic carbocycles. The molecular formula is C22H14Cl2F3N3O2. The molecule has 0 radical (unpaired) electrons. The first-order chi connectivity index (χ1) is 15.1. The molecule has 0 fully saturated rings. The molecule has 0 amide bonds. The molecule has 0 N–H and O–H groups in total. The zero-order chi connectivity index (χ0) is 23.2. The van der Waals surface area contributed by atoms with E-state index in [2.05, 4.69) is 5.10 Å². The number of halogens is 5. The van der Waals surface area contributed by atoms with Crippen molar-refractivity contribution in [2.45, 2.75) is 12.7 Å². The molecule has 4 rings (SSSR count). The molecule has 32 heavy (non-hydrogen) atoms. The van der Waals surface area contributed by atoms with E-state index in [4.69, 9.17) is 23.2 Å². The van der Waals surface area contributed by atoms with Crippen molar-refractivity contribution in [3.63, 3.8) is 0 Å². The van der Waals surface area contributed by atoms with Gasteiger partial charge >= 0.3 is 6.18 Å². The predicted molar refractivity (Wildman–Crippen MR) is 115 cm³/mol. The summed E-state index contributed by atoms with van der Waals surface area (Å²) in [6, 6.07) is 10.6. The van der Waals surface area contributed by atoms with Gasteiger partial charge in [-0.2, -0.15) is 18.3 Å². The molecule has 0 spiro atoms. The standard InChI is InChI=1S/C22H14Cl2F3N3O2/c1-29-21(32)17-16(10-28-29)30(20(24)18(17)23)11-12-2-4-13(5-3-12)19(31)14-6-8-15(9-7-14)22(25,26)27/h2-10H,11H2,1H3. The highest BCUT2D eigenvalue weighted by atomic mass is 35.5. The third-order valence-electron chi connectivity index (χ3n) is 5.08. The van der Waals surface area contributed by atoms with E-state index in [0.29, 0.717) is 11.1 Å². The second-order valence-electron chi connectivity index (χ2n) is 7.13. The van der Waals surface area contributed by atoms with E-state index in [0.717, 1.165) is 34.5 Å². The van der Waals surface area contributed by atoms with Gasteiger partial charge in [0.2, 0.25) is 0 Å². The van der Waals surface area contributed by atoms with Crippen molar-refractivity contribution in [3.05, 3.63) is 97.5 Å². The van der Waals surface area contributed by atoms with E-state index in [1.807, 2.05) is 0 Å². The van der Waals surface area contributed by atoms with Gasteiger partial charge in [0, 0.05) is 24.7 Å². The zero-order valence-corrected chi connectivity index (χ0v) is 18.0. The minimum absolute atomic E-state index is 0.138. The van der Waals surface area contributed by atoms with Crippen molar-refractivity contribution in [1.82, 2.24) is 14.3 Å². The summed E-state index contributed by atoms with van der Waals surface area (Å²) in [7, 11) is 1.51. The van der Waals surface area contributed by atoms with Crippen molar-refractivity contribution < 1.29 is 18.0 Å². The molecule has 2 heterocycles. The topological polar surface area (TPSA) is 56.9 Å². The van der Waals surface area contributed by atoms with Gasteiger partial charge in [0.05, 0.1) is 27.7 Å². The number of aryl methyl sites for hydroxylation is 1. The van der Waals surface area contributed by atoms with E-state index in [-0.39, 0.29) is 33.2 Å². The van der Waals surface area contributed by atoms with Crippen LogP contribution >= 0.6 is 23.2 Å². The number of carbonyl (C=O) groups excluding carboxylic acids is 1. The summed E-state index contributed by atoms with van der Waals surface area (Å²) in [6.07, 6.45) is -2.97. The minimum Gasteiger partial charge on any atom is -0.324 e. The summed E-state index contributed by atoms with van der Waals surface area (Å²) >= 11 is 12.6. The maximum atomic E-state index is 12.7. The lowest BCUT2D eigenvalue weighted by Gasteiger charge is -2.09. The molecule has 10 heteroatoms. The zero-order valence-electron chi connectivity index (χ0n) is 16.5. The quantitative estimate of drug-likeness (QED) is 0.371. The molecule has 0 atom stereocenters. The molecule has 5 nitrogen and oxygen atoms in total. The lowest BCUT2D eigenvalue weighted by atomic mass is 10.0. The summed E-state index contributed by atoms with van der Waals surface area (Å²) in [5.74, 6) is -0.398. The summed E-state index contributed by atoms with van der Waals surface area (Å²) in [6.45, 7) is 0.269. The Hall–Kier alpha value is -3.10. The number of fused-ring (bicyclic) bond motifs is 1. The number of nitrogens with zero attached hydrogens (tertiary/aromatic N) is 3. The monoisotopic (exact) mass is 479 g/mol. The number of carbonyl (C=O) groups is 1. The maximum absolute atomic E-state index is 12.7. The van der Waals surface area contributed by atoms with Crippen LogP contribution in [0.5, 0.6) is 0 Å². The van der Waals surface area contributed by atoms with Gasteiger partial charge in [0.15, 0.2) is 5.78 Å². The normalized spacial score (nSPS) is 11.8. The predicted octanol–water partition coefficient (Wildman–Crippen LogP) is 5.34. The highest BCUT2D eigenvalue weighted by Crippen LogP contribution is 2.33. The van der Waals surface area contributed by atoms with E-state index in [9.17, 15) is 22.8 Å². The smallest absolute Gasteiger partial charge is 0.324 e. The van der Waals surface area contributed by atoms with Crippen LogP contribution in [0.2, 0.25) is 10.2 Å². The van der Waals surface area contributed by atoms with Gasteiger partial charge in [-0.05, 0) is 17.7 Å². The second-order valence-corrected chi connectivity index (χ2v) is 7.86. The van der Waals surface area contributed by atoms with Crippen LogP contribution in [-0.2, 0) is 19.8 Å². The first-order valence-electron chi connectivity index (χ1n) is 9.28. The fourth-order valence-electron chi connectivity index (χ4n) is 3.34. The lowest BCUT2D eigenvalue weighted by Crippen LogP contribution is -2.19. The molecular weight excluding hydrogens is 466 g/mol. The van der Waals surface area contributed by atoms with E-state index in [1.54, 1.807) is 28.8 Å². The largest absolute Gasteiger partial charge is 0.416 e. The van der Waals surface area contributed by atoms with Crippen LogP contribution in [0.25, 0.3) is 10.9 Å². The Kier molecular flexibility index (Phi) is 5.60. The number of benzene rings is 2. The Morgan fingerprint density at radius 1 is 1.00 bits per heavy atom. The first-order valence-corrected chi connectivity index (χ1v) is 10.0. The SMILES string of the molecule is Cn1ncc2c(c(Cl)c(Cl)n2Cc2ccc(C(=O)c3ccc(C(F)(F)F)cc3)cc2)c1=O. The van der Waals surface area contributed by atoms with Gasteiger partial charge in [-0.1, -0.05) is 59.6 Å². The van der Waals surface area contributed by atoms with Crippen molar-refractivity contribution in [2.24, 2.45) is 7.05 Å². The molecule has 2 aromatic heterocycles. The van der Waals surface area contributed by atoms with Crippen LogP contribution in [0.15, 0.2) is 59.5 Å². The summed E-state index contributed by atoms with van der Waals surface area (Å²) in [5.41, 5.74) is 0.538. The average Bonchev–Trinajstić information content (AvgIpc) is 3.01. The number of aromatic nitrogens is 3. The highest BCUT2D eigenvalue weighted by Gasteiger charge is 2.30. The number of rotatable bonds is 4. The molecule has 164 valence electrons. The fraction of sp³-hybridized carbons (Fsp3) is 0.136. The van der Waals surface area contributed by atoms with Gasteiger partial charge in [-0.15, -0.1) is 0 Å². The molecule has 0 saturated heterocycles. The van der Waals surface area contributed by atoms with Crippen molar-refractivity contribution >= 4 is 39.9 Å². The minimum atomic E-state index is -4.46.